The van der Waals surface area contributed by atoms with Crippen LogP contribution in [0.3, 0.4) is 0 Å². The first-order valence-electron chi connectivity index (χ1n) is 10.3. The Bertz CT molecular complexity index is 1300. The van der Waals surface area contributed by atoms with Gasteiger partial charge in [-0.2, -0.15) is 0 Å². The van der Waals surface area contributed by atoms with Gasteiger partial charge in [-0.1, -0.05) is 24.3 Å². The molecule has 2 aromatic heterocycles. The van der Waals surface area contributed by atoms with E-state index in [2.05, 4.69) is 4.98 Å². The van der Waals surface area contributed by atoms with Crippen LogP contribution in [0.2, 0.25) is 0 Å². The number of hydrogen-bond acceptors (Lipinski definition) is 6. The van der Waals surface area contributed by atoms with E-state index in [0.717, 1.165) is 23.1 Å². The summed E-state index contributed by atoms with van der Waals surface area (Å²) < 4.78 is 7.89. The molecule has 5 rings (SSSR count). The van der Waals surface area contributed by atoms with Gasteiger partial charge in [0.25, 0.3) is 11.5 Å². The summed E-state index contributed by atoms with van der Waals surface area (Å²) in [5.41, 5.74) is 1.37. The number of hydrogen-bond donors (Lipinski definition) is 0. The van der Waals surface area contributed by atoms with Crippen molar-refractivity contribution in [1.29, 1.82) is 0 Å². The summed E-state index contributed by atoms with van der Waals surface area (Å²) in [6.07, 6.45) is 1.61. The van der Waals surface area contributed by atoms with Gasteiger partial charge in [-0.3, -0.25) is 14.2 Å². The van der Waals surface area contributed by atoms with Crippen molar-refractivity contribution in [1.82, 2.24) is 19.4 Å². The van der Waals surface area contributed by atoms with E-state index in [1.807, 2.05) is 47.4 Å². The largest absolute Gasteiger partial charge is 0.383 e. The maximum atomic E-state index is 13.4. The Morgan fingerprint density at radius 2 is 1.90 bits per heavy atom. The van der Waals surface area contributed by atoms with Gasteiger partial charge in [0.2, 0.25) is 0 Å². The predicted octanol–water partition coefficient (Wildman–Crippen LogP) is 3.63. The van der Waals surface area contributed by atoms with E-state index >= 15 is 0 Å². The Hall–Kier alpha value is -3.10. The third-order valence-electron chi connectivity index (χ3n) is 5.70. The van der Waals surface area contributed by atoms with E-state index in [0.29, 0.717) is 41.4 Å². The molecule has 0 aliphatic carbocycles. The van der Waals surface area contributed by atoms with E-state index in [1.54, 1.807) is 17.7 Å². The topological polar surface area (TPSA) is 77.3 Å². The molecule has 7 nitrogen and oxygen atoms in total. The molecule has 1 fully saturated rings. The van der Waals surface area contributed by atoms with Gasteiger partial charge >= 0.3 is 0 Å². The number of carbonyl (C=O) groups excluding carboxylic acids is 1. The van der Waals surface area contributed by atoms with Gasteiger partial charge in [0.15, 0.2) is 5.01 Å². The summed E-state index contributed by atoms with van der Waals surface area (Å²) in [6, 6.07) is 14.8. The molecule has 1 amide bonds. The molecule has 3 heterocycles. The zero-order chi connectivity index (χ0) is 21.4. The van der Waals surface area contributed by atoms with E-state index < -0.39 is 0 Å². The van der Waals surface area contributed by atoms with Crippen LogP contribution in [-0.4, -0.2) is 45.6 Å². The number of carbonyl (C=O) groups is 1. The lowest BCUT2D eigenvalue weighted by molar-refractivity contribution is 0.0725. The predicted molar refractivity (Wildman–Crippen MR) is 121 cm³/mol. The zero-order valence-corrected chi connectivity index (χ0v) is 18.0. The molecule has 0 saturated carbocycles. The maximum Gasteiger partial charge on any atom is 0.283 e. The Labute approximate surface area is 182 Å². The SMILES string of the molecule is COCCn1c(C2CCCN2C(=O)c2nc3ccccc3s2)nc2ccccc2c1=O. The highest BCUT2D eigenvalue weighted by Crippen LogP contribution is 2.34. The summed E-state index contributed by atoms with van der Waals surface area (Å²) in [4.78, 5) is 37.8. The molecule has 8 heteroatoms. The van der Waals surface area contributed by atoms with E-state index in [1.165, 1.54) is 11.3 Å². The molecular weight excluding hydrogens is 412 g/mol. The Kier molecular flexibility index (Phi) is 5.25. The van der Waals surface area contributed by atoms with Crippen LogP contribution in [0.5, 0.6) is 0 Å². The number of nitrogens with zero attached hydrogens (tertiary/aromatic N) is 4. The molecule has 2 aromatic carbocycles. The molecule has 0 radical (unpaired) electrons. The van der Waals surface area contributed by atoms with Gasteiger partial charge in [-0.25, -0.2) is 9.97 Å². The number of para-hydroxylation sites is 2. The second-order valence-corrected chi connectivity index (χ2v) is 8.61. The first kappa shape index (κ1) is 19.8. The van der Waals surface area contributed by atoms with Crippen LogP contribution < -0.4 is 5.56 Å². The molecule has 0 spiro atoms. The van der Waals surface area contributed by atoms with Crippen molar-refractivity contribution in [2.24, 2.45) is 0 Å². The standard InChI is InChI=1S/C23H22N4O3S/c1-30-14-13-27-20(24-16-8-3-2-7-15(16)22(27)28)18-10-6-12-26(18)23(29)21-25-17-9-4-5-11-19(17)31-21/h2-5,7-9,11,18H,6,10,12-14H2,1H3. The first-order chi connectivity index (χ1) is 15.2. The third kappa shape index (κ3) is 3.51. The molecule has 4 aromatic rings. The quantitative estimate of drug-likeness (QED) is 0.479. The molecule has 1 atom stereocenters. The maximum absolute atomic E-state index is 13.4. The van der Waals surface area contributed by atoms with Crippen molar-refractivity contribution in [2.45, 2.75) is 25.4 Å². The Balaban J connectivity index is 1.58. The van der Waals surface area contributed by atoms with Crippen LogP contribution in [0.25, 0.3) is 21.1 Å². The molecule has 0 N–H and O–H groups in total. The zero-order valence-electron chi connectivity index (χ0n) is 17.2. The van der Waals surface area contributed by atoms with Gasteiger partial charge < -0.3 is 9.64 Å². The fourth-order valence-electron chi connectivity index (χ4n) is 4.20. The number of benzene rings is 2. The lowest BCUT2D eigenvalue weighted by atomic mass is 10.1. The highest BCUT2D eigenvalue weighted by atomic mass is 32.1. The number of likely N-dealkylation sites (tertiary alicyclic amines) is 1. The van der Waals surface area contributed by atoms with Crippen LogP contribution in [0.4, 0.5) is 0 Å². The molecular formula is C23H22N4O3S. The third-order valence-corrected chi connectivity index (χ3v) is 6.72. The number of amides is 1. The average molecular weight is 435 g/mol. The van der Waals surface area contributed by atoms with E-state index in [4.69, 9.17) is 9.72 Å². The summed E-state index contributed by atoms with van der Waals surface area (Å²) >= 11 is 1.40. The number of ether oxygens (including phenoxy) is 1. The minimum Gasteiger partial charge on any atom is -0.383 e. The van der Waals surface area contributed by atoms with Crippen molar-refractivity contribution in [3.63, 3.8) is 0 Å². The fourth-order valence-corrected chi connectivity index (χ4v) is 5.12. The lowest BCUT2D eigenvalue weighted by Crippen LogP contribution is -2.36. The molecule has 0 bridgehead atoms. The van der Waals surface area contributed by atoms with Crippen LogP contribution in [0.15, 0.2) is 53.3 Å². The minimum atomic E-state index is -0.270. The van der Waals surface area contributed by atoms with Gasteiger partial charge in [0.1, 0.15) is 5.82 Å². The van der Waals surface area contributed by atoms with Crippen molar-refractivity contribution in [2.75, 3.05) is 20.3 Å². The highest BCUT2D eigenvalue weighted by Gasteiger charge is 2.35. The second-order valence-electron chi connectivity index (χ2n) is 7.58. The molecule has 158 valence electrons. The molecule has 1 unspecified atom stereocenters. The summed E-state index contributed by atoms with van der Waals surface area (Å²) in [7, 11) is 1.61. The molecule has 31 heavy (non-hydrogen) atoms. The molecule has 1 saturated heterocycles. The van der Waals surface area contributed by atoms with Crippen LogP contribution in [-0.2, 0) is 11.3 Å². The van der Waals surface area contributed by atoms with Crippen molar-refractivity contribution in [3.05, 3.63) is 69.7 Å². The van der Waals surface area contributed by atoms with Crippen LogP contribution in [0, 0.1) is 0 Å². The van der Waals surface area contributed by atoms with Crippen molar-refractivity contribution < 1.29 is 9.53 Å². The Morgan fingerprint density at radius 3 is 2.71 bits per heavy atom. The number of fused-ring (bicyclic) bond motifs is 2. The van der Waals surface area contributed by atoms with Crippen molar-refractivity contribution in [3.8, 4) is 0 Å². The van der Waals surface area contributed by atoms with Crippen LogP contribution in [0.1, 0.15) is 34.5 Å². The fraction of sp³-hybridized carbons (Fsp3) is 0.304. The smallest absolute Gasteiger partial charge is 0.283 e. The second kappa shape index (κ2) is 8.20. The van der Waals surface area contributed by atoms with Gasteiger partial charge in [0.05, 0.1) is 40.3 Å². The summed E-state index contributed by atoms with van der Waals surface area (Å²) in [5.74, 6) is 0.511. The average Bonchev–Trinajstić information content (AvgIpc) is 3.45. The number of thiazole rings is 1. The highest BCUT2D eigenvalue weighted by molar-refractivity contribution is 7.20. The number of methoxy groups -OCH3 is 1. The number of aromatic nitrogens is 3. The Morgan fingerprint density at radius 1 is 1.13 bits per heavy atom. The van der Waals surface area contributed by atoms with E-state index in [9.17, 15) is 9.59 Å². The minimum absolute atomic E-state index is 0.100. The number of rotatable bonds is 5. The monoisotopic (exact) mass is 434 g/mol. The first-order valence-corrected chi connectivity index (χ1v) is 11.1. The summed E-state index contributed by atoms with van der Waals surface area (Å²) in [5, 5.41) is 1.05. The molecule has 1 aliphatic heterocycles. The van der Waals surface area contributed by atoms with Crippen LogP contribution >= 0.6 is 11.3 Å². The molecule has 1 aliphatic rings. The van der Waals surface area contributed by atoms with Gasteiger partial charge in [0, 0.05) is 13.7 Å². The normalized spacial score (nSPS) is 16.4. The van der Waals surface area contributed by atoms with Gasteiger partial charge in [-0.15, -0.1) is 11.3 Å². The van der Waals surface area contributed by atoms with Gasteiger partial charge in [-0.05, 0) is 37.1 Å². The van der Waals surface area contributed by atoms with E-state index in [-0.39, 0.29) is 17.5 Å². The lowest BCUT2D eigenvalue weighted by Gasteiger charge is -2.26. The van der Waals surface area contributed by atoms with Crippen molar-refractivity contribution >= 4 is 38.4 Å². The summed E-state index contributed by atoms with van der Waals surface area (Å²) in [6.45, 7) is 1.40.